The number of benzene rings is 1. The molecule has 0 spiro atoms. The Kier molecular flexibility index (Phi) is 4.16. The fourth-order valence-electron chi connectivity index (χ4n) is 2.47. The van der Waals surface area contributed by atoms with E-state index in [0.29, 0.717) is 12.0 Å². The molecule has 1 heterocycles. The molecule has 0 aromatic heterocycles. The van der Waals surface area contributed by atoms with Crippen molar-refractivity contribution >= 4 is 5.96 Å². The number of nitrogens with one attached hydrogen (secondary N) is 1. The molecular formula is C15H22FN3O. The maximum Gasteiger partial charge on any atom is 0.193 e. The van der Waals surface area contributed by atoms with Crippen LogP contribution >= 0.6 is 0 Å². The monoisotopic (exact) mass is 279 g/mol. The van der Waals surface area contributed by atoms with Crippen LogP contribution in [-0.4, -0.2) is 36.1 Å². The van der Waals surface area contributed by atoms with Crippen molar-refractivity contribution in [2.45, 2.75) is 26.8 Å². The van der Waals surface area contributed by atoms with Crippen molar-refractivity contribution < 1.29 is 9.50 Å². The molecule has 20 heavy (non-hydrogen) atoms. The number of rotatable bonds is 2. The number of phenols is 1. The van der Waals surface area contributed by atoms with Crippen LogP contribution < -0.4 is 5.32 Å². The predicted octanol–water partition coefficient (Wildman–Crippen LogP) is 2.34. The number of likely N-dealkylation sites (tertiary alicyclic amines) is 1. The van der Waals surface area contributed by atoms with Crippen LogP contribution in [-0.2, 0) is 6.54 Å². The molecule has 1 aliphatic rings. The first-order chi connectivity index (χ1) is 9.41. The van der Waals surface area contributed by atoms with E-state index in [1.54, 1.807) is 13.1 Å². The summed E-state index contributed by atoms with van der Waals surface area (Å²) in [6, 6.07) is 4.41. The second-order valence-electron chi connectivity index (χ2n) is 6.02. The van der Waals surface area contributed by atoms with E-state index >= 15 is 0 Å². The van der Waals surface area contributed by atoms with Gasteiger partial charge in [0.25, 0.3) is 0 Å². The lowest BCUT2D eigenvalue weighted by Gasteiger charge is -2.23. The molecular weight excluding hydrogens is 257 g/mol. The average molecular weight is 279 g/mol. The van der Waals surface area contributed by atoms with Crippen molar-refractivity contribution in [3.8, 4) is 5.75 Å². The molecule has 0 radical (unpaired) electrons. The third-order valence-corrected chi connectivity index (χ3v) is 3.65. The van der Waals surface area contributed by atoms with Gasteiger partial charge in [-0.25, -0.2) is 4.39 Å². The van der Waals surface area contributed by atoms with Crippen LogP contribution in [0.1, 0.15) is 25.8 Å². The van der Waals surface area contributed by atoms with E-state index < -0.39 is 5.82 Å². The Morgan fingerprint density at radius 3 is 2.80 bits per heavy atom. The smallest absolute Gasteiger partial charge is 0.193 e. The van der Waals surface area contributed by atoms with Gasteiger partial charge in [-0.2, -0.15) is 0 Å². The Morgan fingerprint density at radius 1 is 1.50 bits per heavy atom. The molecule has 0 amide bonds. The summed E-state index contributed by atoms with van der Waals surface area (Å²) in [6.07, 6.45) is 1.14. The van der Waals surface area contributed by atoms with Crippen LogP contribution in [0.15, 0.2) is 23.2 Å². The summed E-state index contributed by atoms with van der Waals surface area (Å²) in [7, 11) is 1.76. The minimum atomic E-state index is -0.596. The number of hydrogen-bond acceptors (Lipinski definition) is 2. The molecule has 1 fully saturated rings. The van der Waals surface area contributed by atoms with Gasteiger partial charge < -0.3 is 15.3 Å². The van der Waals surface area contributed by atoms with Gasteiger partial charge >= 0.3 is 0 Å². The molecule has 1 aromatic carbocycles. The van der Waals surface area contributed by atoms with Gasteiger partial charge in [0.2, 0.25) is 0 Å². The SMILES string of the molecule is CN=C(NCc1ccc(O)c(F)c1)N1CCC(C)(C)C1. The zero-order chi connectivity index (χ0) is 14.8. The molecule has 0 aliphatic carbocycles. The van der Waals surface area contributed by atoms with Crippen LogP contribution in [0.25, 0.3) is 0 Å². The summed E-state index contributed by atoms with van der Waals surface area (Å²) in [5, 5.41) is 12.4. The van der Waals surface area contributed by atoms with Gasteiger partial charge in [-0.3, -0.25) is 4.99 Å². The van der Waals surface area contributed by atoms with Crippen LogP contribution in [0.2, 0.25) is 0 Å². The minimum absolute atomic E-state index is 0.308. The van der Waals surface area contributed by atoms with Crippen LogP contribution in [0.4, 0.5) is 4.39 Å². The van der Waals surface area contributed by atoms with Crippen molar-refractivity contribution in [1.29, 1.82) is 0 Å². The first-order valence-electron chi connectivity index (χ1n) is 6.84. The van der Waals surface area contributed by atoms with Crippen LogP contribution in [0.5, 0.6) is 5.75 Å². The van der Waals surface area contributed by atoms with E-state index in [-0.39, 0.29) is 5.75 Å². The number of nitrogens with zero attached hydrogens (tertiary/aromatic N) is 2. The third kappa shape index (κ3) is 3.40. The lowest BCUT2D eigenvalue weighted by molar-refractivity contribution is 0.370. The molecule has 0 unspecified atom stereocenters. The second kappa shape index (κ2) is 5.69. The predicted molar refractivity (Wildman–Crippen MR) is 78.2 cm³/mol. The zero-order valence-corrected chi connectivity index (χ0v) is 12.3. The first-order valence-corrected chi connectivity index (χ1v) is 6.84. The number of aliphatic imine (C=N–C) groups is 1. The minimum Gasteiger partial charge on any atom is -0.505 e. The third-order valence-electron chi connectivity index (χ3n) is 3.65. The zero-order valence-electron chi connectivity index (χ0n) is 12.3. The molecule has 110 valence electrons. The quantitative estimate of drug-likeness (QED) is 0.645. The molecule has 2 N–H and O–H groups in total. The summed E-state index contributed by atoms with van der Waals surface area (Å²) in [6.45, 7) is 6.93. The Labute approximate surface area is 119 Å². The molecule has 1 saturated heterocycles. The van der Waals surface area contributed by atoms with Gasteiger partial charge in [-0.15, -0.1) is 0 Å². The lowest BCUT2D eigenvalue weighted by atomic mass is 9.93. The van der Waals surface area contributed by atoms with Gasteiger partial charge in [0.05, 0.1) is 0 Å². The van der Waals surface area contributed by atoms with E-state index in [1.165, 1.54) is 12.1 Å². The van der Waals surface area contributed by atoms with Crippen LogP contribution in [0.3, 0.4) is 0 Å². The number of halogens is 1. The number of phenolic OH excluding ortho intramolecular Hbond substituents is 1. The second-order valence-corrected chi connectivity index (χ2v) is 6.02. The molecule has 1 aromatic rings. The van der Waals surface area contributed by atoms with Crippen molar-refractivity contribution in [3.05, 3.63) is 29.6 Å². The molecule has 1 aliphatic heterocycles. The van der Waals surface area contributed by atoms with Crippen molar-refractivity contribution in [2.24, 2.45) is 10.4 Å². The van der Waals surface area contributed by atoms with Crippen LogP contribution in [0, 0.1) is 11.2 Å². The molecule has 0 atom stereocenters. The van der Waals surface area contributed by atoms with E-state index in [1.807, 2.05) is 0 Å². The maximum atomic E-state index is 13.3. The summed E-state index contributed by atoms with van der Waals surface area (Å²) in [5.74, 6) is -0.0786. The summed E-state index contributed by atoms with van der Waals surface area (Å²) < 4.78 is 13.3. The first kappa shape index (κ1) is 14.6. The fourth-order valence-corrected chi connectivity index (χ4v) is 2.47. The van der Waals surface area contributed by atoms with Crippen molar-refractivity contribution in [1.82, 2.24) is 10.2 Å². The Hall–Kier alpha value is -1.78. The van der Waals surface area contributed by atoms with Gasteiger partial charge in [-0.05, 0) is 29.5 Å². The average Bonchev–Trinajstić information content (AvgIpc) is 2.75. The van der Waals surface area contributed by atoms with E-state index in [9.17, 15) is 9.50 Å². The van der Waals surface area contributed by atoms with Gasteiger partial charge in [0.15, 0.2) is 17.5 Å². The highest BCUT2D eigenvalue weighted by atomic mass is 19.1. The van der Waals surface area contributed by atoms with Gasteiger partial charge in [-0.1, -0.05) is 19.9 Å². The van der Waals surface area contributed by atoms with Crippen molar-refractivity contribution in [2.75, 3.05) is 20.1 Å². The molecule has 0 bridgehead atoms. The topological polar surface area (TPSA) is 47.9 Å². The van der Waals surface area contributed by atoms with E-state index in [4.69, 9.17) is 0 Å². The Morgan fingerprint density at radius 2 is 2.25 bits per heavy atom. The van der Waals surface area contributed by atoms with E-state index in [0.717, 1.165) is 31.0 Å². The normalized spacial score (nSPS) is 18.4. The fraction of sp³-hybridized carbons (Fsp3) is 0.533. The van der Waals surface area contributed by atoms with Gasteiger partial charge in [0, 0.05) is 26.7 Å². The maximum absolute atomic E-state index is 13.3. The highest BCUT2D eigenvalue weighted by Gasteiger charge is 2.30. The summed E-state index contributed by atoms with van der Waals surface area (Å²) in [5.41, 5.74) is 1.09. The number of hydrogen-bond donors (Lipinski definition) is 2. The molecule has 4 nitrogen and oxygen atoms in total. The Bertz CT molecular complexity index is 514. The summed E-state index contributed by atoms with van der Waals surface area (Å²) in [4.78, 5) is 6.50. The van der Waals surface area contributed by atoms with Crippen molar-refractivity contribution in [3.63, 3.8) is 0 Å². The highest BCUT2D eigenvalue weighted by Crippen LogP contribution is 2.28. The van der Waals surface area contributed by atoms with E-state index in [2.05, 4.69) is 29.1 Å². The Balaban J connectivity index is 1.96. The lowest BCUT2D eigenvalue weighted by Crippen LogP contribution is -2.40. The molecule has 0 saturated carbocycles. The standard InChI is InChI=1S/C15H22FN3O/c1-15(2)6-7-19(10-15)14(17-3)18-9-11-4-5-13(20)12(16)8-11/h4-5,8,20H,6-7,9-10H2,1-3H3,(H,17,18). The molecule has 2 rings (SSSR count). The number of guanidine groups is 1. The number of aromatic hydroxyl groups is 1. The molecule has 5 heteroatoms. The largest absolute Gasteiger partial charge is 0.505 e. The highest BCUT2D eigenvalue weighted by molar-refractivity contribution is 5.80. The van der Waals surface area contributed by atoms with Gasteiger partial charge in [0.1, 0.15) is 0 Å². The summed E-state index contributed by atoms with van der Waals surface area (Å²) >= 11 is 0.